The second-order valence-electron chi connectivity index (χ2n) is 7.14. The summed E-state index contributed by atoms with van der Waals surface area (Å²) in [6, 6.07) is 7.72. The number of fused-ring (bicyclic) bond motifs is 1. The molecule has 9 heteroatoms. The first-order valence-electron chi connectivity index (χ1n) is 9.46. The number of anilines is 1. The summed E-state index contributed by atoms with van der Waals surface area (Å²) < 4.78 is 5.44. The fourth-order valence-corrected chi connectivity index (χ4v) is 3.60. The second kappa shape index (κ2) is 8.26. The first-order valence-corrected chi connectivity index (χ1v) is 9.84. The minimum absolute atomic E-state index is 0.0196. The number of likely N-dealkylation sites (N-methyl/N-ethyl adjacent to an activating group) is 2. The van der Waals surface area contributed by atoms with Crippen molar-refractivity contribution in [3.63, 3.8) is 0 Å². The first-order chi connectivity index (χ1) is 14.0. The van der Waals surface area contributed by atoms with Gasteiger partial charge in [-0.25, -0.2) is 9.97 Å². The van der Waals surface area contributed by atoms with Gasteiger partial charge in [-0.05, 0) is 44.3 Å². The van der Waals surface area contributed by atoms with Crippen molar-refractivity contribution < 1.29 is 9.53 Å². The number of pyridine rings is 1. The van der Waals surface area contributed by atoms with Crippen LogP contribution in [-0.2, 0) is 4.79 Å². The van der Waals surface area contributed by atoms with Crippen LogP contribution in [0.4, 0.5) is 5.69 Å². The van der Waals surface area contributed by atoms with Gasteiger partial charge in [-0.15, -0.1) is 0 Å². The molecule has 29 heavy (non-hydrogen) atoms. The maximum atomic E-state index is 11.3. The number of nitrogens with zero attached hydrogens (tertiary/aromatic N) is 3. The minimum Gasteiger partial charge on any atom is -0.484 e. The highest BCUT2D eigenvalue weighted by molar-refractivity contribution is 6.34. The van der Waals surface area contributed by atoms with Crippen LogP contribution < -0.4 is 15.4 Å². The number of aromatic amines is 1. The van der Waals surface area contributed by atoms with Crippen molar-refractivity contribution >= 4 is 34.4 Å². The normalized spacial score (nSPS) is 16.9. The van der Waals surface area contributed by atoms with Gasteiger partial charge in [0.15, 0.2) is 12.3 Å². The van der Waals surface area contributed by atoms with Gasteiger partial charge in [0.05, 0.1) is 16.9 Å². The molecule has 1 aliphatic heterocycles. The smallest absolute Gasteiger partial charge is 0.257 e. The van der Waals surface area contributed by atoms with Gasteiger partial charge in [-0.1, -0.05) is 11.6 Å². The molecule has 0 aliphatic carbocycles. The molecular formula is C20H23ClN6O2. The van der Waals surface area contributed by atoms with E-state index < -0.39 is 0 Å². The highest BCUT2D eigenvalue weighted by atomic mass is 35.5. The number of nitrogens with one attached hydrogen (secondary N) is 3. The average Bonchev–Trinajstić information content (AvgIpc) is 3.35. The van der Waals surface area contributed by atoms with Crippen LogP contribution in [-0.4, -0.2) is 65.6 Å². The Morgan fingerprint density at radius 3 is 2.86 bits per heavy atom. The average molecular weight is 415 g/mol. The van der Waals surface area contributed by atoms with E-state index in [1.54, 1.807) is 25.4 Å². The fourth-order valence-electron chi connectivity index (χ4n) is 3.40. The molecule has 8 nitrogen and oxygen atoms in total. The van der Waals surface area contributed by atoms with Crippen molar-refractivity contribution in [2.45, 2.75) is 12.5 Å². The van der Waals surface area contributed by atoms with Gasteiger partial charge >= 0.3 is 0 Å². The van der Waals surface area contributed by atoms with Gasteiger partial charge in [0.2, 0.25) is 0 Å². The van der Waals surface area contributed by atoms with E-state index in [2.05, 4.69) is 37.5 Å². The van der Waals surface area contributed by atoms with E-state index in [1.807, 2.05) is 12.1 Å². The molecule has 1 aliphatic rings. The zero-order valence-corrected chi connectivity index (χ0v) is 17.1. The number of imidazole rings is 1. The number of carbonyl (C=O) groups excluding carboxylic acids is 1. The fraction of sp³-hybridized carbons (Fsp3) is 0.350. The van der Waals surface area contributed by atoms with Crippen molar-refractivity contribution in [3.8, 4) is 17.1 Å². The molecular weight excluding hydrogens is 392 g/mol. The number of hydrogen-bond donors (Lipinski definition) is 3. The van der Waals surface area contributed by atoms with Crippen LogP contribution in [0.2, 0.25) is 5.02 Å². The summed E-state index contributed by atoms with van der Waals surface area (Å²) in [4.78, 5) is 25.9. The predicted molar refractivity (Wildman–Crippen MR) is 113 cm³/mol. The SMILES string of the molecule is CNC(=O)COc1ccc(-c2nc3ncc(Cl)c(N[C@H]4CCN(C)C4)c3[nH]2)cc1. The number of ether oxygens (including phenoxy) is 1. The lowest BCUT2D eigenvalue weighted by atomic mass is 10.2. The van der Waals surface area contributed by atoms with E-state index in [-0.39, 0.29) is 12.5 Å². The zero-order valence-electron chi connectivity index (χ0n) is 16.3. The molecule has 3 heterocycles. The standard InChI is InChI=1S/C20H23ClN6O2/c1-22-16(28)11-29-14-5-3-12(4-6-14)19-25-18-17(15(21)9-23-20(18)26-19)24-13-7-8-27(2)10-13/h3-6,9,13H,7-8,10-11H2,1-2H3,(H,22,28)(H2,23,24,25,26)/t13-/m0/s1. The predicted octanol–water partition coefficient (Wildman–Crippen LogP) is 2.52. The van der Waals surface area contributed by atoms with Crippen molar-refractivity contribution in [2.24, 2.45) is 0 Å². The topological polar surface area (TPSA) is 95.2 Å². The number of carbonyl (C=O) groups is 1. The Balaban J connectivity index is 1.57. The van der Waals surface area contributed by atoms with Crippen molar-refractivity contribution in [1.82, 2.24) is 25.2 Å². The Bertz CT molecular complexity index is 1020. The van der Waals surface area contributed by atoms with E-state index in [4.69, 9.17) is 16.3 Å². The zero-order chi connectivity index (χ0) is 20.4. The van der Waals surface area contributed by atoms with E-state index in [0.29, 0.717) is 28.3 Å². The number of rotatable bonds is 6. The van der Waals surface area contributed by atoms with Crippen LogP contribution in [0, 0.1) is 0 Å². The summed E-state index contributed by atoms with van der Waals surface area (Å²) in [6.07, 6.45) is 2.69. The number of aromatic nitrogens is 3. The largest absolute Gasteiger partial charge is 0.484 e. The van der Waals surface area contributed by atoms with Crippen LogP contribution in [0.3, 0.4) is 0 Å². The van der Waals surface area contributed by atoms with Crippen LogP contribution in [0.5, 0.6) is 5.75 Å². The maximum Gasteiger partial charge on any atom is 0.257 e. The van der Waals surface area contributed by atoms with Crippen LogP contribution in [0.25, 0.3) is 22.6 Å². The van der Waals surface area contributed by atoms with Gasteiger partial charge in [0, 0.05) is 25.2 Å². The monoisotopic (exact) mass is 414 g/mol. The van der Waals surface area contributed by atoms with E-state index in [1.165, 1.54) is 0 Å². The van der Waals surface area contributed by atoms with Gasteiger partial charge in [0.1, 0.15) is 17.1 Å². The number of halogens is 1. The van der Waals surface area contributed by atoms with Crippen molar-refractivity contribution in [1.29, 1.82) is 0 Å². The number of benzene rings is 1. The molecule has 0 spiro atoms. The van der Waals surface area contributed by atoms with Gasteiger partial charge in [-0.2, -0.15) is 0 Å². The van der Waals surface area contributed by atoms with Gasteiger partial charge in [0.25, 0.3) is 5.91 Å². The lowest BCUT2D eigenvalue weighted by Gasteiger charge is -2.15. The highest BCUT2D eigenvalue weighted by Gasteiger charge is 2.22. The molecule has 1 amide bonds. The molecule has 4 rings (SSSR count). The van der Waals surface area contributed by atoms with Crippen LogP contribution in [0.15, 0.2) is 30.5 Å². The lowest BCUT2D eigenvalue weighted by Crippen LogP contribution is -2.24. The molecule has 1 fully saturated rings. The first kappa shape index (κ1) is 19.5. The molecule has 3 aromatic rings. The second-order valence-corrected chi connectivity index (χ2v) is 7.55. The quantitative estimate of drug-likeness (QED) is 0.573. The Kier molecular flexibility index (Phi) is 5.55. The molecule has 0 radical (unpaired) electrons. The molecule has 152 valence electrons. The van der Waals surface area contributed by atoms with Gasteiger partial charge in [-0.3, -0.25) is 4.79 Å². The molecule has 2 aromatic heterocycles. The molecule has 1 saturated heterocycles. The third-order valence-electron chi connectivity index (χ3n) is 4.99. The number of hydrogen-bond acceptors (Lipinski definition) is 6. The Morgan fingerprint density at radius 1 is 1.38 bits per heavy atom. The van der Waals surface area contributed by atoms with Crippen molar-refractivity contribution in [2.75, 3.05) is 39.1 Å². The Labute approximate surface area is 173 Å². The molecule has 1 atom stereocenters. The summed E-state index contributed by atoms with van der Waals surface area (Å²) in [5.41, 5.74) is 3.12. The summed E-state index contributed by atoms with van der Waals surface area (Å²) >= 11 is 6.43. The van der Waals surface area contributed by atoms with Crippen LogP contribution >= 0.6 is 11.6 Å². The van der Waals surface area contributed by atoms with Crippen molar-refractivity contribution in [3.05, 3.63) is 35.5 Å². The number of likely N-dealkylation sites (tertiary alicyclic amines) is 1. The molecule has 0 saturated carbocycles. The molecule has 0 unspecified atom stereocenters. The number of H-pyrrole nitrogens is 1. The summed E-state index contributed by atoms with van der Waals surface area (Å²) in [6.45, 7) is 2.01. The van der Waals surface area contributed by atoms with E-state index in [0.717, 1.165) is 36.3 Å². The Morgan fingerprint density at radius 2 is 2.17 bits per heavy atom. The third-order valence-corrected chi connectivity index (χ3v) is 5.28. The maximum absolute atomic E-state index is 11.3. The molecule has 3 N–H and O–H groups in total. The van der Waals surface area contributed by atoms with Gasteiger partial charge < -0.3 is 25.3 Å². The Hall–Kier alpha value is -2.84. The van der Waals surface area contributed by atoms with E-state index >= 15 is 0 Å². The summed E-state index contributed by atoms with van der Waals surface area (Å²) in [7, 11) is 3.69. The summed E-state index contributed by atoms with van der Waals surface area (Å²) in [5, 5.41) is 6.64. The lowest BCUT2D eigenvalue weighted by molar-refractivity contribution is -0.122. The molecule has 0 bridgehead atoms. The van der Waals surface area contributed by atoms with Crippen LogP contribution in [0.1, 0.15) is 6.42 Å². The minimum atomic E-state index is -0.178. The highest BCUT2D eigenvalue weighted by Crippen LogP contribution is 2.32. The number of amides is 1. The summed E-state index contributed by atoms with van der Waals surface area (Å²) in [5.74, 6) is 1.13. The third kappa shape index (κ3) is 4.28. The van der Waals surface area contributed by atoms with E-state index in [9.17, 15) is 4.79 Å². The molecule has 1 aromatic carbocycles.